The molecule has 0 radical (unpaired) electrons. The standard InChI is InChI=1S/C18H15F3N4O/c19-18(20,21)14-6-3-12(4-7-14)16-23-22-15-8-5-13(11-25(15)16)17(26)24-9-1-2-10-24/h3-8,11H,1-2,9-10H2. The van der Waals surface area contributed by atoms with E-state index in [0.29, 0.717) is 22.6 Å². The molecular formula is C18H15F3N4O. The van der Waals surface area contributed by atoms with Gasteiger partial charge in [-0.1, -0.05) is 12.1 Å². The number of nitrogens with zero attached hydrogens (tertiary/aromatic N) is 4. The Balaban J connectivity index is 1.71. The van der Waals surface area contributed by atoms with Gasteiger partial charge in [-0.15, -0.1) is 10.2 Å². The fourth-order valence-electron chi connectivity index (χ4n) is 3.13. The lowest BCUT2D eigenvalue weighted by Crippen LogP contribution is -2.27. The number of carbonyl (C=O) groups is 1. The summed E-state index contributed by atoms with van der Waals surface area (Å²) in [6.07, 6.45) is -0.751. The zero-order chi connectivity index (χ0) is 18.3. The van der Waals surface area contributed by atoms with Crippen LogP contribution >= 0.6 is 0 Å². The Hall–Kier alpha value is -2.90. The first kappa shape index (κ1) is 16.6. The number of aromatic nitrogens is 3. The van der Waals surface area contributed by atoms with E-state index < -0.39 is 11.7 Å². The molecule has 4 rings (SSSR count). The van der Waals surface area contributed by atoms with Crippen LogP contribution < -0.4 is 0 Å². The third-order valence-electron chi connectivity index (χ3n) is 4.51. The summed E-state index contributed by atoms with van der Waals surface area (Å²) in [5.41, 5.74) is 0.807. The fraction of sp³-hybridized carbons (Fsp3) is 0.278. The fourth-order valence-corrected chi connectivity index (χ4v) is 3.13. The normalized spacial score (nSPS) is 15.0. The number of hydrogen-bond donors (Lipinski definition) is 0. The molecule has 1 saturated heterocycles. The van der Waals surface area contributed by atoms with Gasteiger partial charge in [0.15, 0.2) is 11.5 Å². The number of rotatable bonds is 2. The molecular weight excluding hydrogens is 345 g/mol. The summed E-state index contributed by atoms with van der Waals surface area (Å²) in [5, 5.41) is 8.09. The van der Waals surface area contributed by atoms with E-state index in [-0.39, 0.29) is 5.91 Å². The summed E-state index contributed by atoms with van der Waals surface area (Å²) in [7, 11) is 0. The highest BCUT2D eigenvalue weighted by Gasteiger charge is 2.30. The number of likely N-dealkylation sites (tertiary alicyclic amines) is 1. The van der Waals surface area contributed by atoms with Crippen LogP contribution in [0.5, 0.6) is 0 Å². The number of fused-ring (bicyclic) bond motifs is 1. The van der Waals surface area contributed by atoms with Gasteiger partial charge >= 0.3 is 6.18 Å². The highest BCUT2D eigenvalue weighted by molar-refractivity contribution is 5.94. The number of pyridine rings is 1. The van der Waals surface area contributed by atoms with Gasteiger partial charge in [0.25, 0.3) is 5.91 Å². The molecule has 134 valence electrons. The monoisotopic (exact) mass is 360 g/mol. The maximum Gasteiger partial charge on any atom is 0.416 e. The second kappa shape index (κ2) is 6.12. The molecule has 0 saturated carbocycles. The molecule has 0 N–H and O–H groups in total. The summed E-state index contributed by atoms with van der Waals surface area (Å²) < 4.78 is 39.8. The first-order valence-electron chi connectivity index (χ1n) is 8.25. The van der Waals surface area contributed by atoms with Crippen molar-refractivity contribution in [2.45, 2.75) is 19.0 Å². The Labute approximate surface area is 147 Å². The van der Waals surface area contributed by atoms with E-state index in [9.17, 15) is 18.0 Å². The lowest BCUT2D eigenvalue weighted by atomic mass is 10.1. The van der Waals surface area contributed by atoms with E-state index in [1.807, 2.05) is 0 Å². The Morgan fingerprint density at radius 3 is 2.31 bits per heavy atom. The first-order valence-corrected chi connectivity index (χ1v) is 8.25. The van der Waals surface area contributed by atoms with E-state index in [4.69, 9.17) is 0 Å². The molecule has 26 heavy (non-hydrogen) atoms. The molecule has 1 aliphatic rings. The first-order chi connectivity index (χ1) is 12.4. The van der Waals surface area contributed by atoms with Crippen LogP contribution in [0.15, 0.2) is 42.6 Å². The summed E-state index contributed by atoms with van der Waals surface area (Å²) >= 11 is 0. The molecule has 1 amide bonds. The van der Waals surface area contributed by atoms with Crippen LogP contribution in [0.2, 0.25) is 0 Å². The molecule has 1 aromatic carbocycles. The Kier molecular flexibility index (Phi) is 3.90. The van der Waals surface area contributed by atoms with Crippen molar-refractivity contribution < 1.29 is 18.0 Å². The summed E-state index contributed by atoms with van der Waals surface area (Å²) in [5.74, 6) is 0.335. The minimum Gasteiger partial charge on any atom is -0.339 e. The molecule has 0 atom stereocenters. The number of alkyl halides is 3. The minimum absolute atomic E-state index is 0.0588. The van der Waals surface area contributed by atoms with Crippen molar-refractivity contribution >= 4 is 11.6 Å². The molecule has 1 aliphatic heterocycles. The van der Waals surface area contributed by atoms with Crippen molar-refractivity contribution in [1.29, 1.82) is 0 Å². The Bertz CT molecular complexity index is 957. The van der Waals surface area contributed by atoms with Crippen molar-refractivity contribution in [3.63, 3.8) is 0 Å². The molecule has 0 spiro atoms. The second-order valence-corrected chi connectivity index (χ2v) is 6.24. The maximum atomic E-state index is 12.7. The van der Waals surface area contributed by atoms with Crippen molar-refractivity contribution in [2.75, 3.05) is 13.1 Å². The van der Waals surface area contributed by atoms with Crippen LogP contribution in [0.1, 0.15) is 28.8 Å². The number of carbonyl (C=O) groups excluding carboxylic acids is 1. The van der Waals surface area contributed by atoms with E-state index in [2.05, 4.69) is 10.2 Å². The zero-order valence-corrected chi connectivity index (χ0v) is 13.7. The van der Waals surface area contributed by atoms with Gasteiger partial charge in [0.2, 0.25) is 0 Å². The van der Waals surface area contributed by atoms with Gasteiger partial charge in [-0.3, -0.25) is 9.20 Å². The third-order valence-corrected chi connectivity index (χ3v) is 4.51. The van der Waals surface area contributed by atoms with Gasteiger partial charge in [0.1, 0.15) is 0 Å². The van der Waals surface area contributed by atoms with Crippen LogP contribution in [-0.2, 0) is 6.18 Å². The molecule has 0 unspecified atom stereocenters. The molecule has 0 aliphatic carbocycles. The average Bonchev–Trinajstić information content (AvgIpc) is 3.30. The topological polar surface area (TPSA) is 50.5 Å². The van der Waals surface area contributed by atoms with Crippen LogP contribution in [0, 0.1) is 0 Å². The van der Waals surface area contributed by atoms with E-state index in [1.54, 1.807) is 27.6 Å². The second-order valence-electron chi connectivity index (χ2n) is 6.24. The quantitative estimate of drug-likeness (QED) is 0.701. The molecule has 8 heteroatoms. The summed E-state index contributed by atoms with van der Waals surface area (Å²) in [4.78, 5) is 14.4. The van der Waals surface area contributed by atoms with E-state index in [1.165, 1.54) is 12.1 Å². The van der Waals surface area contributed by atoms with Crippen molar-refractivity contribution in [1.82, 2.24) is 19.5 Å². The third kappa shape index (κ3) is 2.91. The van der Waals surface area contributed by atoms with Crippen LogP contribution in [0.25, 0.3) is 17.0 Å². The van der Waals surface area contributed by atoms with Crippen molar-refractivity contribution in [3.8, 4) is 11.4 Å². The predicted molar refractivity (Wildman–Crippen MR) is 88.6 cm³/mol. The largest absolute Gasteiger partial charge is 0.416 e. The highest BCUT2D eigenvalue weighted by Crippen LogP contribution is 2.30. The Morgan fingerprint density at radius 1 is 0.962 bits per heavy atom. The summed E-state index contributed by atoms with van der Waals surface area (Å²) in [6, 6.07) is 8.11. The van der Waals surface area contributed by atoms with Gasteiger partial charge in [0.05, 0.1) is 11.1 Å². The molecule has 0 bridgehead atoms. The van der Waals surface area contributed by atoms with Gasteiger partial charge in [-0.2, -0.15) is 13.2 Å². The molecule has 3 heterocycles. The summed E-state index contributed by atoms with van der Waals surface area (Å²) in [6.45, 7) is 1.48. The van der Waals surface area contributed by atoms with Crippen LogP contribution in [0.3, 0.4) is 0 Å². The van der Waals surface area contributed by atoms with Gasteiger partial charge < -0.3 is 4.90 Å². The SMILES string of the molecule is O=C(c1ccc2nnc(-c3ccc(C(F)(F)F)cc3)n2c1)N1CCCC1. The lowest BCUT2D eigenvalue weighted by molar-refractivity contribution is -0.137. The molecule has 3 aromatic rings. The van der Waals surface area contributed by atoms with Gasteiger partial charge in [0, 0.05) is 24.8 Å². The number of benzene rings is 1. The molecule has 2 aromatic heterocycles. The number of halogens is 3. The molecule has 5 nitrogen and oxygen atoms in total. The predicted octanol–water partition coefficient (Wildman–Crippen LogP) is 3.65. The van der Waals surface area contributed by atoms with Crippen LogP contribution in [-0.4, -0.2) is 38.5 Å². The Morgan fingerprint density at radius 2 is 1.65 bits per heavy atom. The van der Waals surface area contributed by atoms with Crippen LogP contribution in [0.4, 0.5) is 13.2 Å². The number of amides is 1. The van der Waals surface area contributed by atoms with E-state index >= 15 is 0 Å². The van der Waals surface area contributed by atoms with E-state index in [0.717, 1.165) is 38.1 Å². The highest BCUT2D eigenvalue weighted by atomic mass is 19.4. The zero-order valence-electron chi connectivity index (χ0n) is 13.7. The minimum atomic E-state index is -4.39. The van der Waals surface area contributed by atoms with Crippen molar-refractivity contribution in [2.24, 2.45) is 0 Å². The number of hydrogen-bond acceptors (Lipinski definition) is 3. The van der Waals surface area contributed by atoms with Crippen molar-refractivity contribution in [3.05, 3.63) is 53.7 Å². The van der Waals surface area contributed by atoms with Gasteiger partial charge in [-0.05, 0) is 37.1 Å². The lowest BCUT2D eigenvalue weighted by Gasteiger charge is -2.15. The molecule has 1 fully saturated rings. The smallest absolute Gasteiger partial charge is 0.339 e. The average molecular weight is 360 g/mol. The maximum absolute atomic E-state index is 12.7. The van der Waals surface area contributed by atoms with Gasteiger partial charge in [-0.25, -0.2) is 0 Å².